The van der Waals surface area contributed by atoms with Crippen LogP contribution in [-0.4, -0.2) is 9.97 Å². The lowest BCUT2D eigenvalue weighted by molar-refractivity contribution is 0.573. The second-order valence-corrected chi connectivity index (χ2v) is 6.19. The van der Waals surface area contributed by atoms with Crippen LogP contribution in [0.5, 0.6) is 0 Å². The van der Waals surface area contributed by atoms with Crippen molar-refractivity contribution >= 4 is 33.9 Å². The van der Waals surface area contributed by atoms with Crippen LogP contribution in [0.25, 0.3) is 0 Å². The summed E-state index contributed by atoms with van der Waals surface area (Å²) in [4.78, 5) is 8.30. The maximum atomic E-state index is 13.5. The number of anilines is 2. The lowest BCUT2D eigenvalue weighted by Gasteiger charge is -2.14. The Labute approximate surface area is 114 Å². The highest BCUT2D eigenvalue weighted by atomic mass is 35.5. The van der Waals surface area contributed by atoms with Gasteiger partial charge in [-0.2, -0.15) is 0 Å². The number of nitrogens with zero attached hydrogens (tertiary/aromatic N) is 2. The molecule has 0 aliphatic heterocycles. The van der Waals surface area contributed by atoms with E-state index in [0.29, 0.717) is 5.13 Å². The van der Waals surface area contributed by atoms with Gasteiger partial charge in [-0.05, 0) is 6.07 Å². The Morgan fingerprint density at radius 2 is 2.11 bits per heavy atom. The summed E-state index contributed by atoms with van der Waals surface area (Å²) >= 11 is 7.06. The second kappa shape index (κ2) is 4.82. The first-order chi connectivity index (χ1) is 8.36. The van der Waals surface area contributed by atoms with Crippen molar-refractivity contribution in [1.29, 1.82) is 0 Å². The zero-order valence-electron chi connectivity index (χ0n) is 10.3. The van der Waals surface area contributed by atoms with Crippen LogP contribution in [0.3, 0.4) is 0 Å². The monoisotopic (exact) mass is 285 g/mol. The van der Waals surface area contributed by atoms with Crippen LogP contribution in [0, 0.1) is 5.82 Å². The summed E-state index contributed by atoms with van der Waals surface area (Å²) in [7, 11) is 0. The van der Waals surface area contributed by atoms with E-state index in [1.165, 1.54) is 23.6 Å². The highest BCUT2D eigenvalue weighted by molar-refractivity contribution is 7.13. The topological polar surface area (TPSA) is 37.8 Å². The Morgan fingerprint density at radius 1 is 1.39 bits per heavy atom. The lowest BCUT2D eigenvalue weighted by Crippen LogP contribution is -2.11. The summed E-state index contributed by atoms with van der Waals surface area (Å²) in [6.07, 6.45) is 1.39. The van der Waals surface area contributed by atoms with Crippen molar-refractivity contribution in [2.75, 3.05) is 5.32 Å². The predicted molar refractivity (Wildman–Crippen MR) is 73.3 cm³/mol. The van der Waals surface area contributed by atoms with Crippen molar-refractivity contribution in [1.82, 2.24) is 9.97 Å². The van der Waals surface area contributed by atoms with Crippen molar-refractivity contribution < 1.29 is 4.39 Å². The van der Waals surface area contributed by atoms with Crippen LogP contribution in [0.2, 0.25) is 5.02 Å². The number of hydrogen-bond donors (Lipinski definition) is 1. The van der Waals surface area contributed by atoms with Gasteiger partial charge in [0, 0.05) is 17.0 Å². The number of thiazole rings is 1. The summed E-state index contributed by atoms with van der Waals surface area (Å²) < 4.78 is 13.5. The van der Waals surface area contributed by atoms with Crippen molar-refractivity contribution in [3.05, 3.63) is 34.2 Å². The lowest BCUT2D eigenvalue weighted by atomic mass is 9.93. The minimum absolute atomic E-state index is 0.0254. The van der Waals surface area contributed by atoms with E-state index >= 15 is 0 Å². The minimum Gasteiger partial charge on any atom is -0.314 e. The fourth-order valence-electron chi connectivity index (χ4n) is 1.28. The Kier molecular flexibility index (Phi) is 3.54. The molecule has 2 aromatic heterocycles. The normalized spacial score (nSPS) is 11.6. The summed E-state index contributed by atoms with van der Waals surface area (Å²) in [6, 6.07) is 1.22. The van der Waals surface area contributed by atoms with E-state index in [-0.39, 0.29) is 16.3 Å². The number of nitrogens with one attached hydrogen (secondary N) is 1. The van der Waals surface area contributed by atoms with E-state index in [2.05, 4.69) is 36.1 Å². The third-order valence-electron chi connectivity index (χ3n) is 2.31. The molecule has 0 aromatic carbocycles. The molecule has 0 atom stereocenters. The van der Waals surface area contributed by atoms with Gasteiger partial charge in [0.15, 0.2) is 16.8 Å². The molecule has 0 saturated carbocycles. The molecule has 0 aliphatic rings. The Morgan fingerprint density at radius 3 is 2.67 bits per heavy atom. The maximum Gasteiger partial charge on any atom is 0.188 e. The van der Waals surface area contributed by atoms with Crippen LogP contribution >= 0.6 is 22.9 Å². The number of rotatable bonds is 2. The molecule has 2 heterocycles. The van der Waals surface area contributed by atoms with Crippen molar-refractivity contribution in [2.24, 2.45) is 0 Å². The molecule has 1 N–H and O–H groups in total. The van der Waals surface area contributed by atoms with Crippen molar-refractivity contribution in [3.63, 3.8) is 0 Å². The van der Waals surface area contributed by atoms with E-state index in [0.717, 1.165) is 5.69 Å². The summed E-state index contributed by atoms with van der Waals surface area (Å²) in [5.74, 6) is -0.357. The first-order valence-corrected chi connectivity index (χ1v) is 6.66. The largest absolute Gasteiger partial charge is 0.314 e. The highest BCUT2D eigenvalue weighted by Gasteiger charge is 2.18. The summed E-state index contributed by atoms with van der Waals surface area (Å²) in [6.45, 7) is 6.23. The van der Waals surface area contributed by atoms with Crippen LogP contribution in [-0.2, 0) is 5.41 Å². The molecule has 0 spiro atoms. The zero-order chi connectivity index (χ0) is 13.3. The molecule has 0 bridgehead atoms. The fraction of sp³-hybridized carbons (Fsp3) is 0.333. The van der Waals surface area contributed by atoms with Crippen LogP contribution in [0.1, 0.15) is 26.5 Å². The number of hydrogen-bond acceptors (Lipinski definition) is 4. The SMILES string of the molecule is CC(C)(C)c1csc(Nc2ncc(Cl)cc2F)n1. The molecule has 2 aromatic rings. The maximum absolute atomic E-state index is 13.5. The average molecular weight is 286 g/mol. The molecule has 0 fully saturated rings. The van der Waals surface area contributed by atoms with Crippen LogP contribution in [0.4, 0.5) is 15.3 Å². The van der Waals surface area contributed by atoms with Gasteiger partial charge in [0.2, 0.25) is 0 Å². The molecular formula is C12H13ClFN3S. The average Bonchev–Trinajstić information content (AvgIpc) is 2.70. The Hall–Kier alpha value is -1.20. The molecule has 0 amide bonds. The first-order valence-electron chi connectivity index (χ1n) is 5.40. The third kappa shape index (κ3) is 2.97. The molecule has 0 saturated heterocycles. The van der Waals surface area contributed by atoms with Crippen LogP contribution in [0.15, 0.2) is 17.6 Å². The zero-order valence-corrected chi connectivity index (χ0v) is 11.9. The summed E-state index contributed by atoms with van der Waals surface area (Å²) in [5.41, 5.74) is 0.937. The quantitative estimate of drug-likeness (QED) is 0.890. The van der Waals surface area contributed by atoms with Crippen molar-refractivity contribution in [2.45, 2.75) is 26.2 Å². The molecule has 2 rings (SSSR count). The second-order valence-electron chi connectivity index (χ2n) is 4.90. The van der Waals surface area contributed by atoms with Gasteiger partial charge in [-0.3, -0.25) is 0 Å². The van der Waals surface area contributed by atoms with E-state index in [1.807, 2.05) is 5.38 Å². The molecule has 6 heteroatoms. The number of pyridine rings is 1. The fourth-order valence-corrected chi connectivity index (χ4v) is 2.36. The first kappa shape index (κ1) is 13.2. The standard InChI is InChI=1S/C12H13ClFN3S/c1-12(2,3)9-6-18-11(16-9)17-10-8(14)4-7(13)5-15-10/h4-6H,1-3H3,(H,15,16,17). The van der Waals surface area contributed by atoms with Gasteiger partial charge in [-0.25, -0.2) is 14.4 Å². The van der Waals surface area contributed by atoms with E-state index in [1.54, 1.807) is 0 Å². The van der Waals surface area contributed by atoms with Gasteiger partial charge in [0.25, 0.3) is 0 Å². The minimum atomic E-state index is -0.491. The predicted octanol–water partition coefficient (Wildman–Crippen LogP) is 4.37. The van der Waals surface area contributed by atoms with Crippen molar-refractivity contribution in [3.8, 4) is 0 Å². The Bertz CT molecular complexity index is 563. The molecule has 18 heavy (non-hydrogen) atoms. The van der Waals surface area contributed by atoms with Gasteiger partial charge in [0.1, 0.15) is 0 Å². The smallest absolute Gasteiger partial charge is 0.188 e. The Balaban J connectivity index is 2.21. The van der Waals surface area contributed by atoms with E-state index < -0.39 is 5.82 Å². The van der Waals surface area contributed by atoms with Gasteiger partial charge in [-0.15, -0.1) is 11.3 Å². The van der Waals surface area contributed by atoms with E-state index in [9.17, 15) is 4.39 Å². The van der Waals surface area contributed by atoms with Crippen LogP contribution < -0.4 is 5.32 Å². The molecule has 96 valence electrons. The molecule has 0 unspecified atom stereocenters. The highest BCUT2D eigenvalue weighted by Crippen LogP contribution is 2.28. The van der Waals surface area contributed by atoms with Gasteiger partial charge >= 0.3 is 0 Å². The molecule has 0 aliphatic carbocycles. The number of aromatic nitrogens is 2. The summed E-state index contributed by atoms with van der Waals surface area (Å²) in [5, 5.41) is 5.70. The molecule has 0 radical (unpaired) electrons. The van der Waals surface area contributed by atoms with Gasteiger partial charge in [0.05, 0.1) is 10.7 Å². The molecule has 3 nitrogen and oxygen atoms in total. The third-order valence-corrected chi connectivity index (χ3v) is 3.27. The van der Waals surface area contributed by atoms with Gasteiger partial charge in [-0.1, -0.05) is 32.4 Å². The molecular weight excluding hydrogens is 273 g/mol. The number of halogens is 2. The van der Waals surface area contributed by atoms with E-state index in [4.69, 9.17) is 11.6 Å². The van der Waals surface area contributed by atoms with Gasteiger partial charge < -0.3 is 5.32 Å².